The molecule has 1 saturated carbocycles. The molecule has 0 aromatic rings. The number of hydrogen-bond donors (Lipinski definition) is 0. The summed E-state index contributed by atoms with van der Waals surface area (Å²) in [6.45, 7) is 4.64. The molecule has 0 amide bonds. The van der Waals surface area contributed by atoms with Crippen LogP contribution in [0.2, 0.25) is 0 Å². The van der Waals surface area contributed by atoms with Gasteiger partial charge >= 0.3 is 0 Å². The Morgan fingerprint density at radius 1 is 1.12 bits per heavy atom. The van der Waals surface area contributed by atoms with Gasteiger partial charge in [0.25, 0.3) is 0 Å². The summed E-state index contributed by atoms with van der Waals surface area (Å²) in [5.41, 5.74) is 0.806. The molecule has 0 aliphatic heterocycles. The summed E-state index contributed by atoms with van der Waals surface area (Å²) in [5.74, 6) is 0. The van der Waals surface area contributed by atoms with Crippen LogP contribution < -0.4 is 0 Å². The Kier molecular flexibility index (Phi) is 1.59. The first-order valence-electron chi connectivity index (χ1n) is 3.83. The van der Waals surface area contributed by atoms with Crippen LogP contribution in [0.3, 0.4) is 0 Å². The van der Waals surface area contributed by atoms with Gasteiger partial charge in [0, 0.05) is 0 Å². The predicted molar refractivity (Wildman–Crippen MR) is 36.9 cm³/mol. The zero-order chi connectivity index (χ0) is 6.04. The Bertz CT molecular complexity index is 56.6. The van der Waals surface area contributed by atoms with E-state index in [-0.39, 0.29) is 0 Å². The van der Waals surface area contributed by atoms with Crippen molar-refractivity contribution in [1.29, 1.82) is 0 Å². The van der Waals surface area contributed by atoms with E-state index < -0.39 is 0 Å². The van der Waals surface area contributed by atoms with Crippen LogP contribution in [-0.4, -0.2) is 0 Å². The summed E-state index contributed by atoms with van der Waals surface area (Å²) in [7, 11) is 0. The highest BCUT2D eigenvalue weighted by atomic mass is 14.4. The van der Waals surface area contributed by atoms with Crippen molar-refractivity contribution in [2.75, 3.05) is 0 Å². The zero-order valence-corrected chi connectivity index (χ0v) is 6.04. The van der Waals surface area contributed by atoms with Crippen LogP contribution in [0.15, 0.2) is 0 Å². The third-order valence-corrected chi connectivity index (χ3v) is 2.91. The molecule has 0 unspecified atom stereocenters. The minimum Gasteiger partial charge on any atom is -0.0649 e. The van der Waals surface area contributed by atoms with Crippen molar-refractivity contribution in [1.82, 2.24) is 0 Å². The molecule has 1 fully saturated rings. The first kappa shape index (κ1) is 6.12. The van der Waals surface area contributed by atoms with E-state index in [9.17, 15) is 0 Å². The topological polar surface area (TPSA) is 0 Å². The standard InChI is InChI=1S/C8H16/c1-3-8(4-2)6-5-7-8/h3-7H2,1-2H3. The summed E-state index contributed by atoms with van der Waals surface area (Å²) in [6.07, 6.45) is 7.30. The quantitative estimate of drug-likeness (QED) is 0.515. The molecule has 8 heavy (non-hydrogen) atoms. The smallest absolute Gasteiger partial charge is 0.0303 e. The van der Waals surface area contributed by atoms with Crippen molar-refractivity contribution in [3.63, 3.8) is 0 Å². The van der Waals surface area contributed by atoms with Gasteiger partial charge in [-0.05, 0) is 18.3 Å². The molecule has 0 heteroatoms. The first-order chi connectivity index (χ1) is 3.83. The van der Waals surface area contributed by atoms with Gasteiger partial charge in [-0.1, -0.05) is 33.1 Å². The van der Waals surface area contributed by atoms with E-state index in [2.05, 4.69) is 13.8 Å². The minimum absolute atomic E-state index is 0.806. The lowest BCUT2D eigenvalue weighted by molar-refractivity contribution is 0.121. The zero-order valence-electron chi connectivity index (χ0n) is 6.04. The van der Waals surface area contributed by atoms with Crippen LogP contribution in [0.25, 0.3) is 0 Å². The van der Waals surface area contributed by atoms with E-state index in [1.807, 2.05) is 0 Å². The molecule has 1 rings (SSSR count). The van der Waals surface area contributed by atoms with Gasteiger partial charge in [0.1, 0.15) is 0 Å². The molecular weight excluding hydrogens is 96.1 g/mol. The van der Waals surface area contributed by atoms with Crippen molar-refractivity contribution in [3.8, 4) is 0 Å². The van der Waals surface area contributed by atoms with Gasteiger partial charge in [0.15, 0.2) is 0 Å². The van der Waals surface area contributed by atoms with E-state index in [1.165, 1.54) is 32.1 Å². The van der Waals surface area contributed by atoms with Crippen molar-refractivity contribution >= 4 is 0 Å². The summed E-state index contributed by atoms with van der Waals surface area (Å²) < 4.78 is 0. The Hall–Kier alpha value is 0. The summed E-state index contributed by atoms with van der Waals surface area (Å²) in [5, 5.41) is 0. The van der Waals surface area contributed by atoms with Crippen LogP contribution in [-0.2, 0) is 0 Å². The third kappa shape index (κ3) is 0.765. The molecule has 1 aliphatic carbocycles. The maximum absolute atomic E-state index is 2.32. The van der Waals surface area contributed by atoms with Gasteiger partial charge < -0.3 is 0 Å². The molecule has 48 valence electrons. The number of hydrogen-bond acceptors (Lipinski definition) is 0. The highest BCUT2D eigenvalue weighted by Gasteiger charge is 2.32. The Labute approximate surface area is 52.3 Å². The molecule has 0 nitrogen and oxygen atoms in total. The summed E-state index contributed by atoms with van der Waals surface area (Å²) in [6, 6.07) is 0. The molecular formula is C8H16. The van der Waals surface area contributed by atoms with Crippen LogP contribution >= 0.6 is 0 Å². The molecule has 0 atom stereocenters. The van der Waals surface area contributed by atoms with Gasteiger partial charge in [0.05, 0.1) is 0 Å². The molecule has 0 radical (unpaired) electrons. The minimum atomic E-state index is 0.806. The molecule has 0 heterocycles. The normalized spacial score (nSPS) is 24.8. The average molecular weight is 112 g/mol. The largest absolute Gasteiger partial charge is 0.0649 e. The van der Waals surface area contributed by atoms with Crippen LogP contribution in [0, 0.1) is 5.41 Å². The van der Waals surface area contributed by atoms with Gasteiger partial charge in [-0.3, -0.25) is 0 Å². The average Bonchev–Trinajstić information content (AvgIpc) is 1.67. The van der Waals surface area contributed by atoms with E-state index in [0.717, 1.165) is 5.41 Å². The monoisotopic (exact) mass is 112 g/mol. The van der Waals surface area contributed by atoms with Crippen LogP contribution in [0.4, 0.5) is 0 Å². The molecule has 0 bridgehead atoms. The summed E-state index contributed by atoms with van der Waals surface area (Å²) in [4.78, 5) is 0. The van der Waals surface area contributed by atoms with E-state index in [1.54, 1.807) is 0 Å². The maximum Gasteiger partial charge on any atom is -0.0303 e. The molecule has 0 aromatic carbocycles. The molecule has 0 saturated heterocycles. The van der Waals surface area contributed by atoms with Crippen molar-refractivity contribution in [2.45, 2.75) is 46.0 Å². The second-order valence-corrected chi connectivity index (χ2v) is 3.06. The third-order valence-electron chi connectivity index (χ3n) is 2.91. The molecule has 0 spiro atoms. The predicted octanol–water partition coefficient (Wildman–Crippen LogP) is 2.98. The Balaban J connectivity index is 2.33. The first-order valence-corrected chi connectivity index (χ1v) is 3.83. The highest BCUT2D eigenvalue weighted by Crippen LogP contribution is 2.46. The SMILES string of the molecule is CCC1(CC)CCC1. The fourth-order valence-corrected chi connectivity index (χ4v) is 1.63. The highest BCUT2D eigenvalue weighted by molar-refractivity contribution is 4.84. The Morgan fingerprint density at radius 2 is 1.62 bits per heavy atom. The second-order valence-electron chi connectivity index (χ2n) is 3.06. The van der Waals surface area contributed by atoms with E-state index in [4.69, 9.17) is 0 Å². The molecule has 0 N–H and O–H groups in total. The number of rotatable bonds is 2. The van der Waals surface area contributed by atoms with Gasteiger partial charge in [0.2, 0.25) is 0 Å². The van der Waals surface area contributed by atoms with Crippen LogP contribution in [0.5, 0.6) is 0 Å². The van der Waals surface area contributed by atoms with E-state index >= 15 is 0 Å². The van der Waals surface area contributed by atoms with Gasteiger partial charge in [-0.15, -0.1) is 0 Å². The summed E-state index contributed by atoms with van der Waals surface area (Å²) >= 11 is 0. The van der Waals surface area contributed by atoms with Gasteiger partial charge in [-0.2, -0.15) is 0 Å². The van der Waals surface area contributed by atoms with E-state index in [0.29, 0.717) is 0 Å². The van der Waals surface area contributed by atoms with Gasteiger partial charge in [-0.25, -0.2) is 0 Å². The van der Waals surface area contributed by atoms with Crippen molar-refractivity contribution in [2.24, 2.45) is 5.41 Å². The fraction of sp³-hybridized carbons (Fsp3) is 1.00. The van der Waals surface area contributed by atoms with Crippen molar-refractivity contribution < 1.29 is 0 Å². The Morgan fingerprint density at radius 3 is 1.62 bits per heavy atom. The lowest BCUT2D eigenvalue weighted by Gasteiger charge is -2.40. The van der Waals surface area contributed by atoms with Crippen LogP contribution in [0.1, 0.15) is 46.0 Å². The fourth-order valence-electron chi connectivity index (χ4n) is 1.63. The second kappa shape index (κ2) is 2.08. The molecule has 0 aromatic heterocycles. The van der Waals surface area contributed by atoms with Crippen molar-refractivity contribution in [3.05, 3.63) is 0 Å². The lowest BCUT2D eigenvalue weighted by atomic mass is 9.65. The molecule has 1 aliphatic rings. The lowest BCUT2D eigenvalue weighted by Crippen LogP contribution is -2.27. The maximum atomic E-state index is 2.32.